The molecule has 1 fully saturated rings. The number of alkyl halides is 1. The maximum atomic E-state index is 15.5. The van der Waals surface area contributed by atoms with Gasteiger partial charge in [-0.25, -0.2) is 23.1 Å². The van der Waals surface area contributed by atoms with Crippen LogP contribution in [0.15, 0.2) is 23.3 Å². The van der Waals surface area contributed by atoms with Crippen LogP contribution in [-0.2, 0) is 37.3 Å². The van der Waals surface area contributed by atoms with Gasteiger partial charge < -0.3 is 35.2 Å². The number of aliphatic hydroxyl groups excluding tert-OH is 1. The summed E-state index contributed by atoms with van der Waals surface area (Å²) in [6.07, 6.45) is -5.22. The van der Waals surface area contributed by atoms with Crippen LogP contribution in [-0.4, -0.2) is 69.2 Å². The summed E-state index contributed by atoms with van der Waals surface area (Å²) in [5.74, 6) is -0.348. The minimum atomic E-state index is -5.80. The summed E-state index contributed by atoms with van der Waals surface area (Å²) >= 11 is 0. The van der Waals surface area contributed by atoms with Gasteiger partial charge in [-0.15, -0.1) is 0 Å². The van der Waals surface area contributed by atoms with Crippen molar-refractivity contribution in [1.29, 1.82) is 0 Å². The number of fused-ring (bicyclic) bond motifs is 1. The van der Waals surface area contributed by atoms with Crippen LogP contribution in [0, 0.1) is 0 Å². The van der Waals surface area contributed by atoms with Gasteiger partial charge in [0.15, 0.2) is 17.3 Å². The molecule has 0 amide bonds. The summed E-state index contributed by atoms with van der Waals surface area (Å²) in [5, 5.41) is 10.4. The summed E-state index contributed by atoms with van der Waals surface area (Å²) in [4.78, 5) is 57.9. The van der Waals surface area contributed by atoms with E-state index in [0.717, 1.165) is 10.9 Å². The van der Waals surface area contributed by atoms with Crippen LogP contribution in [0.1, 0.15) is 6.92 Å². The number of H-pyrrole nitrogens is 1. The lowest BCUT2D eigenvalue weighted by Gasteiger charge is -2.33. The molecular formula is C13H19FN5O13P3. The quantitative estimate of drug-likeness (QED) is 0.147. The standard InChI is InChI=1S/C13H19FN5O13P3/c1-5(2)13(19-4-16-7-10(19)17-12(15)18-11(7)21)9(14)8(20)6(30-13)3-29-34(25,26)32-35(27,28)31-33(22,23)24/h4,6,8-9,20H,1,3H2,2H3,(H,25,26)(H,27,28)(H2,22,23,24)(H3,15,17,18,21). The Balaban J connectivity index is 1.89. The molecule has 6 atom stereocenters. The third kappa shape index (κ3) is 5.61. The Hall–Kier alpha value is -1.85. The number of phosphoric ester groups is 1. The number of nitrogen functional groups attached to an aromatic ring is 1. The van der Waals surface area contributed by atoms with E-state index in [1.165, 1.54) is 6.92 Å². The fourth-order valence-corrected chi connectivity index (χ4v) is 6.32. The van der Waals surface area contributed by atoms with E-state index in [0.29, 0.717) is 0 Å². The molecule has 2 aromatic rings. The first-order chi connectivity index (χ1) is 15.9. The molecular weight excluding hydrogens is 546 g/mol. The highest BCUT2D eigenvalue weighted by Gasteiger charge is 2.58. The number of nitrogens with one attached hydrogen (secondary N) is 1. The molecule has 0 spiro atoms. The first kappa shape index (κ1) is 27.7. The highest BCUT2D eigenvalue weighted by molar-refractivity contribution is 7.66. The van der Waals surface area contributed by atoms with E-state index in [2.05, 4.69) is 34.7 Å². The largest absolute Gasteiger partial charge is 0.490 e. The molecule has 8 N–H and O–H groups in total. The van der Waals surface area contributed by atoms with Gasteiger partial charge in [0, 0.05) is 0 Å². The number of aromatic amines is 1. The van der Waals surface area contributed by atoms with Gasteiger partial charge in [-0.2, -0.15) is 13.6 Å². The van der Waals surface area contributed by atoms with Crippen molar-refractivity contribution in [2.24, 2.45) is 0 Å². The zero-order chi connectivity index (χ0) is 26.6. The SMILES string of the molecule is C=C(C)C1(n2cnc3c(=O)[nH]c(N)nc32)OC(COP(=O)(O)OP(=O)(O)OP(=O)(O)O)C(O)C1F. The molecule has 0 aliphatic carbocycles. The molecule has 22 heteroatoms. The lowest BCUT2D eigenvalue weighted by molar-refractivity contribution is -0.104. The van der Waals surface area contributed by atoms with E-state index in [-0.39, 0.29) is 22.7 Å². The first-order valence-corrected chi connectivity index (χ1v) is 13.6. The molecule has 196 valence electrons. The second-order valence-electron chi connectivity index (χ2n) is 7.15. The number of rotatable bonds is 9. The van der Waals surface area contributed by atoms with Crippen LogP contribution in [0.5, 0.6) is 0 Å². The van der Waals surface area contributed by atoms with Crippen LogP contribution < -0.4 is 11.3 Å². The molecule has 35 heavy (non-hydrogen) atoms. The molecule has 1 aliphatic rings. The Morgan fingerprint density at radius 3 is 2.51 bits per heavy atom. The van der Waals surface area contributed by atoms with E-state index in [1.54, 1.807) is 0 Å². The lowest BCUT2D eigenvalue weighted by Crippen LogP contribution is -2.44. The number of aliphatic hydroxyl groups is 1. The number of phosphoric acid groups is 3. The van der Waals surface area contributed by atoms with Crippen LogP contribution in [0.25, 0.3) is 11.2 Å². The molecule has 1 saturated heterocycles. The highest BCUT2D eigenvalue weighted by Crippen LogP contribution is 2.66. The smallest absolute Gasteiger partial charge is 0.387 e. The summed E-state index contributed by atoms with van der Waals surface area (Å²) < 4.78 is 67.6. The number of hydrogen-bond donors (Lipinski definition) is 7. The number of ether oxygens (including phenoxy) is 1. The van der Waals surface area contributed by atoms with Crippen LogP contribution in [0.4, 0.5) is 10.3 Å². The number of nitrogens with zero attached hydrogens (tertiary/aromatic N) is 3. The van der Waals surface area contributed by atoms with Crippen molar-refractivity contribution in [2.45, 2.75) is 31.0 Å². The van der Waals surface area contributed by atoms with E-state index in [4.69, 9.17) is 20.3 Å². The van der Waals surface area contributed by atoms with Gasteiger partial charge in [0.2, 0.25) is 11.7 Å². The highest BCUT2D eigenvalue weighted by atomic mass is 31.3. The maximum absolute atomic E-state index is 15.5. The minimum Gasteiger partial charge on any atom is -0.387 e. The monoisotopic (exact) mass is 565 g/mol. The zero-order valence-electron chi connectivity index (χ0n) is 17.4. The number of anilines is 1. The summed E-state index contributed by atoms with van der Waals surface area (Å²) in [7, 11) is -17.0. The van der Waals surface area contributed by atoms with Gasteiger partial charge in [-0.1, -0.05) is 6.58 Å². The second-order valence-corrected chi connectivity index (χ2v) is 11.6. The molecule has 1 aliphatic heterocycles. The molecule has 3 rings (SSSR count). The van der Waals surface area contributed by atoms with Crippen LogP contribution in [0.3, 0.4) is 0 Å². The molecule has 6 unspecified atom stereocenters. The van der Waals surface area contributed by atoms with Gasteiger partial charge in [0.05, 0.1) is 6.61 Å². The van der Waals surface area contributed by atoms with E-state index in [1.807, 2.05) is 0 Å². The predicted molar refractivity (Wildman–Crippen MR) is 111 cm³/mol. The van der Waals surface area contributed by atoms with E-state index < -0.39 is 59.7 Å². The van der Waals surface area contributed by atoms with Crippen molar-refractivity contribution >= 4 is 40.6 Å². The Bertz CT molecular complexity index is 1360. The Kier molecular flexibility index (Phi) is 7.31. The number of nitrogens with two attached hydrogens (primary N) is 1. The van der Waals surface area contributed by atoms with E-state index >= 15 is 4.39 Å². The van der Waals surface area contributed by atoms with Crippen LogP contribution >= 0.6 is 23.5 Å². The van der Waals surface area contributed by atoms with Crippen molar-refractivity contribution in [3.63, 3.8) is 0 Å². The maximum Gasteiger partial charge on any atom is 0.490 e. The van der Waals surface area contributed by atoms with Gasteiger partial charge >= 0.3 is 23.5 Å². The molecule has 18 nitrogen and oxygen atoms in total. The van der Waals surface area contributed by atoms with Crippen molar-refractivity contribution < 1.29 is 60.6 Å². The van der Waals surface area contributed by atoms with Crippen molar-refractivity contribution in [1.82, 2.24) is 19.5 Å². The van der Waals surface area contributed by atoms with Crippen molar-refractivity contribution in [3.8, 4) is 0 Å². The summed E-state index contributed by atoms with van der Waals surface area (Å²) in [5.41, 5.74) is 1.91. The molecule has 0 bridgehead atoms. The number of aromatic nitrogens is 4. The molecule has 0 saturated carbocycles. The van der Waals surface area contributed by atoms with E-state index in [9.17, 15) is 33.4 Å². The molecule has 0 aromatic carbocycles. The van der Waals surface area contributed by atoms with Gasteiger partial charge in [0.1, 0.15) is 18.5 Å². The van der Waals surface area contributed by atoms with Crippen LogP contribution in [0.2, 0.25) is 0 Å². The minimum absolute atomic E-state index is 0.0789. The number of halogens is 1. The number of hydrogen-bond acceptors (Lipinski definition) is 12. The third-order valence-electron chi connectivity index (χ3n) is 4.60. The fraction of sp³-hybridized carbons (Fsp3) is 0.462. The van der Waals surface area contributed by atoms with Gasteiger partial charge in [-0.3, -0.25) is 18.9 Å². The van der Waals surface area contributed by atoms with Crippen molar-refractivity contribution in [3.05, 3.63) is 28.8 Å². The fourth-order valence-electron chi connectivity index (χ4n) is 3.29. The predicted octanol–water partition coefficient (Wildman–Crippen LogP) is -0.628. The third-order valence-corrected chi connectivity index (χ3v) is 8.40. The van der Waals surface area contributed by atoms with Gasteiger partial charge in [-0.05, 0) is 12.5 Å². The number of imidazole rings is 1. The summed E-state index contributed by atoms with van der Waals surface area (Å²) in [6.45, 7) is 3.78. The molecule has 2 aromatic heterocycles. The zero-order valence-corrected chi connectivity index (χ0v) is 20.0. The summed E-state index contributed by atoms with van der Waals surface area (Å²) in [6, 6.07) is 0. The average molecular weight is 565 g/mol. The molecule has 0 radical (unpaired) electrons. The topological polar surface area (TPSA) is 279 Å². The molecule has 3 heterocycles. The normalized spacial score (nSPS) is 28.6. The van der Waals surface area contributed by atoms with Crippen molar-refractivity contribution in [2.75, 3.05) is 12.3 Å². The Morgan fingerprint density at radius 2 is 1.94 bits per heavy atom. The second kappa shape index (κ2) is 9.23. The van der Waals surface area contributed by atoms with Gasteiger partial charge in [0.25, 0.3) is 5.56 Å². The Morgan fingerprint density at radius 1 is 1.31 bits per heavy atom. The Labute approximate surface area is 193 Å². The lowest BCUT2D eigenvalue weighted by atomic mass is 9.97. The first-order valence-electron chi connectivity index (χ1n) is 9.06. The average Bonchev–Trinajstić information content (AvgIpc) is 3.18.